The molecule has 0 bridgehead atoms. The molecule has 154 valence electrons. The molecule has 1 aromatic carbocycles. The number of hydrogen-bond acceptors (Lipinski definition) is 4. The predicted molar refractivity (Wildman–Crippen MR) is 122 cm³/mol. The van der Waals surface area contributed by atoms with Crippen LogP contribution in [0.5, 0.6) is 0 Å². The predicted octanol–water partition coefficient (Wildman–Crippen LogP) is 3.03. The summed E-state index contributed by atoms with van der Waals surface area (Å²) in [6.07, 6.45) is 5.12. The van der Waals surface area contributed by atoms with E-state index in [1.165, 1.54) is 0 Å². The summed E-state index contributed by atoms with van der Waals surface area (Å²) >= 11 is 5.95. The van der Waals surface area contributed by atoms with E-state index in [-0.39, 0.29) is 30.1 Å². The van der Waals surface area contributed by atoms with E-state index in [4.69, 9.17) is 21.3 Å². The molecule has 7 nitrogen and oxygen atoms in total. The maximum Gasteiger partial charge on any atom is 0.191 e. The highest BCUT2D eigenvalue weighted by molar-refractivity contribution is 14.0. The fraction of sp³-hybridized carbons (Fsp3) is 0.526. The lowest BCUT2D eigenvalue weighted by Crippen LogP contribution is -2.42. The molecular formula is C19H28ClIN6O. The van der Waals surface area contributed by atoms with Crippen LogP contribution in [0.2, 0.25) is 5.02 Å². The van der Waals surface area contributed by atoms with Crippen LogP contribution in [0.1, 0.15) is 31.2 Å². The van der Waals surface area contributed by atoms with Crippen LogP contribution in [0.25, 0.3) is 0 Å². The molecule has 2 N–H and O–H groups in total. The molecular weight excluding hydrogens is 491 g/mol. The normalized spacial score (nSPS) is 16.6. The molecule has 2 aromatic rings. The Hall–Kier alpha value is -1.39. The first kappa shape index (κ1) is 22.9. The highest BCUT2D eigenvalue weighted by Gasteiger charge is 2.15. The fourth-order valence-electron chi connectivity index (χ4n) is 2.98. The van der Waals surface area contributed by atoms with Gasteiger partial charge in [0.1, 0.15) is 12.2 Å². The van der Waals surface area contributed by atoms with Crippen molar-refractivity contribution < 1.29 is 4.74 Å². The number of nitrogens with zero attached hydrogens (tertiary/aromatic N) is 4. The van der Waals surface area contributed by atoms with Gasteiger partial charge in [0.2, 0.25) is 0 Å². The summed E-state index contributed by atoms with van der Waals surface area (Å²) in [5.41, 5.74) is 1.12. The fourth-order valence-corrected chi connectivity index (χ4v) is 3.11. The van der Waals surface area contributed by atoms with Crippen molar-refractivity contribution in [2.24, 2.45) is 4.99 Å². The Morgan fingerprint density at radius 3 is 2.86 bits per heavy atom. The highest BCUT2D eigenvalue weighted by atomic mass is 127. The van der Waals surface area contributed by atoms with E-state index in [0.717, 1.165) is 67.9 Å². The third-order valence-corrected chi connectivity index (χ3v) is 4.76. The van der Waals surface area contributed by atoms with Crippen molar-refractivity contribution in [1.82, 2.24) is 25.4 Å². The summed E-state index contributed by atoms with van der Waals surface area (Å²) in [5, 5.41) is 15.6. The van der Waals surface area contributed by atoms with Crippen LogP contribution >= 0.6 is 35.6 Å². The SMILES string of the molecule is CCc1nncn1CCNC(=NCc1ccc(Cl)cc1)NCC1CCCO1.I. The minimum absolute atomic E-state index is 0. The summed E-state index contributed by atoms with van der Waals surface area (Å²) in [7, 11) is 0. The Bertz CT molecular complexity index is 730. The van der Waals surface area contributed by atoms with E-state index in [0.29, 0.717) is 6.54 Å². The van der Waals surface area contributed by atoms with E-state index < -0.39 is 0 Å². The van der Waals surface area contributed by atoms with Crippen molar-refractivity contribution in [2.75, 3.05) is 19.7 Å². The van der Waals surface area contributed by atoms with Gasteiger partial charge in [0.25, 0.3) is 0 Å². The zero-order chi connectivity index (χ0) is 18.9. The molecule has 1 saturated heterocycles. The van der Waals surface area contributed by atoms with Gasteiger partial charge >= 0.3 is 0 Å². The topological polar surface area (TPSA) is 76.4 Å². The van der Waals surface area contributed by atoms with E-state index in [2.05, 4.69) is 32.3 Å². The number of rotatable bonds is 8. The van der Waals surface area contributed by atoms with Crippen LogP contribution < -0.4 is 10.6 Å². The average molecular weight is 519 g/mol. The zero-order valence-electron chi connectivity index (χ0n) is 16.1. The molecule has 28 heavy (non-hydrogen) atoms. The number of halogens is 2. The van der Waals surface area contributed by atoms with Crippen LogP contribution in [0.3, 0.4) is 0 Å². The molecule has 0 aliphatic carbocycles. The van der Waals surface area contributed by atoms with Gasteiger partial charge in [-0.1, -0.05) is 30.7 Å². The molecule has 1 fully saturated rings. The average Bonchev–Trinajstić information content (AvgIpc) is 3.36. The van der Waals surface area contributed by atoms with Gasteiger partial charge in [-0.2, -0.15) is 0 Å². The maximum atomic E-state index is 5.95. The first-order chi connectivity index (χ1) is 13.2. The molecule has 2 heterocycles. The molecule has 0 amide bonds. The minimum atomic E-state index is 0. The summed E-state index contributed by atoms with van der Waals surface area (Å²) < 4.78 is 7.75. The van der Waals surface area contributed by atoms with E-state index in [1.54, 1.807) is 6.33 Å². The molecule has 1 unspecified atom stereocenters. The molecule has 1 atom stereocenters. The van der Waals surface area contributed by atoms with Gasteiger partial charge in [-0.3, -0.25) is 0 Å². The third-order valence-electron chi connectivity index (χ3n) is 4.51. The second-order valence-corrected chi connectivity index (χ2v) is 6.96. The Morgan fingerprint density at radius 1 is 1.32 bits per heavy atom. The number of aromatic nitrogens is 3. The summed E-state index contributed by atoms with van der Waals surface area (Å²) in [5.74, 6) is 1.77. The van der Waals surface area contributed by atoms with Gasteiger partial charge < -0.3 is 19.9 Å². The lowest BCUT2D eigenvalue weighted by atomic mass is 10.2. The quantitative estimate of drug-likeness (QED) is 0.319. The van der Waals surface area contributed by atoms with Crippen molar-refractivity contribution in [3.8, 4) is 0 Å². The van der Waals surface area contributed by atoms with Crippen molar-refractivity contribution >= 4 is 41.5 Å². The maximum absolute atomic E-state index is 5.95. The smallest absolute Gasteiger partial charge is 0.191 e. The van der Waals surface area contributed by atoms with Gasteiger partial charge in [0.15, 0.2) is 5.96 Å². The highest BCUT2D eigenvalue weighted by Crippen LogP contribution is 2.11. The van der Waals surface area contributed by atoms with Gasteiger partial charge in [-0.15, -0.1) is 34.2 Å². The molecule has 0 saturated carbocycles. The van der Waals surface area contributed by atoms with Crippen LogP contribution in [0, 0.1) is 0 Å². The number of nitrogens with one attached hydrogen (secondary N) is 2. The number of benzene rings is 1. The largest absolute Gasteiger partial charge is 0.376 e. The van der Waals surface area contributed by atoms with Crippen molar-refractivity contribution in [3.05, 3.63) is 47.0 Å². The van der Waals surface area contributed by atoms with E-state index >= 15 is 0 Å². The second kappa shape index (κ2) is 12.2. The summed E-state index contributed by atoms with van der Waals surface area (Å²) in [6.45, 7) is 5.81. The summed E-state index contributed by atoms with van der Waals surface area (Å²) in [6, 6.07) is 7.76. The van der Waals surface area contributed by atoms with Crippen LogP contribution in [0.15, 0.2) is 35.6 Å². The Labute approximate surface area is 188 Å². The molecule has 0 spiro atoms. The minimum Gasteiger partial charge on any atom is -0.376 e. The first-order valence-corrected chi connectivity index (χ1v) is 9.87. The monoisotopic (exact) mass is 518 g/mol. The third kappa shape index (κ3) is 7.21. The van der Waals surface area contributed by atoms with Crippen LogP contribution in [-0.2, 0) is 24.2 Å². The molecule has 1 aliphatic rings. The second-order valence-electron chi connectivity index (χ2n) is 6.53. The Morgan fingerprint density at radius 2 is 2.14 bits per heavy atom. The van der Waals surface area contributed by atoms with Crippen molar-refractivity contribution in [1.29, 1.82) is 0 Å². The number of hydrogen-bond donors (Lipinski definition) is 2. The van der Waals surface area contributed by atoms with E-state index in [1.807, 2.05) is 24.3 Å². The van der Waals surface area contributed by atoms with Crippen LogP contribution in [-0.4, -0.2) is 46.5 Å². The number of aryl methyl sites for hydroxylation is 1. The van der Waals surface area contributed by atoms with Crippen molar-refractivity contribution in [2.45, 2.75) is 45.4 Å². The van der Waals surface area contributed by atoms with Gasteiger partial charge in [-0.05, 0) is 30.5 Å². The lowest BCUT2D eigenvalue weighted by molar-refractivity contribution is 0.114. The molecule has 0 radical (unpaired) electrons. The van der Waals surface area contributed by atoms with Crippen LogP contribution in [0.4, 0.5) is 0 Å². The first-order valence-electron chi connectivity index (χ1n) is 9.49. The zero-order valence-corrected chi connectivity index (χ0v) is 19.2. The number of guanidine groups is 1. The molecule has 1 aromatic heterocycles. The van der Waals surface area contributed by atoms with E-state index in [9.17, 15) is 0 Å². The van der Waals surface area contributed by atoms with Crippen molar-refractivity contribution in [3.63, 3.8) is 0 Å². The summed E-state index contributed by atoms with van der Waals surface area (Å²) in [4.78, 5) is 4.70. The Balaban J connectivity index is 0.00000280. The lowest BCUT2D eigenvalue weighted by Gasteiger charge is -2.16. The van der Waals surface area contributed by atoms with Gasteiger partial charge in [-0.25, -0.2) is 4.99 Å². The molecule has 9 heteroatoms. The molecule has 1 aliphatic heterocycles. The standard InChI is InChI=1S/C19H27ClN6O.HI/c1-2-18-25-24-14-26(18)10-9-21-19(23-13-17-4-3-11-27-17)22-12-15-5-7-16(20)8-6-15;/h5-8,14,17H,2-4,9-13H2,1H3,(H2,21,22,23);1H. The molecule has 3 rings (SSSR count). The Kier molecular flexibility index (Phi) is 10.0. The number of ether oxygens (including phenoxy) is 1. The number of aliphatic imine (C=N–C) groups is 1. The van der Waals surface area contributed by atoms with Gasteiger partial charge in [0.05, 0.1) is 12.6 Å². The van der Waals surface area contributed by atoms with Gasteiger partial charge in [0, 0.05) is 37.7 Å².